The van der Waals surface area contributed by atoms with Crippen molar-refractivity contribution < 1.29 is 0 Å². The lowest BCUT2D eigenvalue weighted by atomic mass is 9.99. The van der Waals surface area contributed by atoms with Crippen LogP contribution in [-0.4, -0.2) is 24.5 Å². The molecule has 0 spiro atoms. The fourth-order valence-electron chi connectivity index (χ4n) is 2.00. The molecule has 1 nitrogen and oxygen atoms in total. The van der Waals surface area contributed by atoms with Crippen LogP contribution in [0.4, 0.5) is 0 Å². The van der Waals surface area contributed by atoms with E-state index in [1.54, 1.807) is 0 Å². The lowest BCUT2D eigenvalue weighted by molar-refractivity contribution is 0.213. The highest BCUT2D eigenvalue weighted by Gasteiger charge is 2.13. The van der Waals surface area contributed by atoms with Gasteiger partial charge in [-0.15, -0.1) is 5.92 Å². The third kappa shape index (κ3) is 5.56. The number of likely N-dealkylation sites (tertiary alicyclic amines) is 1. The van der Waals surface area contributed by atoms with Crippen molar-refractivity contribution in [1.82, 2.24) is 4.90 Å². The Bertz CT molecular complexity index is 228. The predicted molar refractivity (Wildman–Crippen MR) is 71.3 cm³/mol. The second kappa shape index (κ2) is 7.74. The molecule has 1 rings (SSSR count). The summed E-state index contributed by atoms with van der Waals surface area (Å²) >= 11 is 0. The highest BCUT2D eigenvalue weighted by Crippen LogP contribution is 2.15. The Morgan fingerprint density at radius 3 is 2.56 bits per heavy atom. The molecule has 1 heterocycles. The van der Waals surface area contributed by atoms with Crippen molar-refractivity contribution in [3.05, 3.63) is 0 Å². The highest BCUT2D eigenvalue weighted by molar-refractivity contribution is 5.01. The molecule has 1 heteroatoms. The van der Waals surface area contributed by atoms with E-state index in [0.29, 0.717) is 0 Å². The van der Waals surface area contributed by atoms with Gasteiger partial charge < -0.3 is 0 Å². The maximum Gasteiger partial charge on any atom is 0.0601 e. The van der Waals surface area contributed by atoms with Crippen molar-refractivity contribution in [3.8, 4) is 11.8 Å². The lowest BCUT2D eigenvalue weighted by Crippen LogP contribution is -2.33. The normalized spacial score (nSPS) is 20.2. The van der Waals surface area contributed by atoms with E-state index < -0.39 is 0 Å². The predicted octanol–water partition coefficient (Wildman–Crippen LogP) is 3.55. The molecule has 0 aromatic carbocycles. The summed E-state index contributed by atoms with van der Waals surface area (Å²) in [5, 5.41) is 0. The van der Waals surface area contributed by atoms with Crippen molar-refractivity contribution >= 4 is 0 Å². The summed E-state index contributed by atoms with van der Waals surface area (Å²) in [4.78, 5) is 2.50. The van der Waals surface area contributed by atoms with Crippen molar-refractivity contribution in [2.75, 3.05) is 19.6 Å². The Labute approximate surface area is 102 Å². The van der Waals surface area contributed by atoms with Gasteiger partial charge in [0, 0.05) is 6.42 Å². The van der Waals surface area contributed by atoms with E-state index in [0.717, 1.165) is 24.8 Å². The molecular formula is C15H27N. The van der Waals surface area contributed by atoms with Gasteiger partial charge in [-0.2, -0.15) is 0 Å². The number of piperidine rings is 1. The average molecular weight is 221 g/mol. The van der Waals surface area contributed by atoms with E-state index in [9.17, 15) is 0 Å². The van der Waals surface area contributed by atoms with E-state index in [2.05, 4.69) is 37.5 Å². The Morgan fingerprint density at radius 1 is 1.25 bits per heavy atom. The molecule has 0 aromatic heterocycles. The largest absolute Gasteiger partial charge is 0.292 e. The summed E-state index contributed by atoms with van der Waals surface area (Å²) in [6.45, 7) is 10.4. The molecule has 0 N–H and O–H groups in total. The molecule has 1 saturated heterocycles. The molecule has 0 aliphatic carbocycles. The molecule has 0 saturated carbocycles. The number of hydrogen-bond acceptors (Lipinski definition) is 1. The van der Waals surface area contributed by atoms with Gasteiger partial charge in [0.1, 0.15) is 0 Å². The minimum atomic E-state index is 0.838. The molecule has 0 radical (unpaired) electrons. The van der Waals surface area contributed by atoms with Crippen LogP contribution in [0.1, 0.15) is 52.9 Å². The lowest BCUT2D eigenvalue weighted by Gasteiger charge is -2.28. The Hall–Kier alpha value is -0.480. The number of hydrogen-bond donors (Lipinski definition) is 0. The smallest absolute Gasteiger partial charge is 0.0601 e. The highest BCUT2D eigenvalue weighted by atomic mass is 15.1. The van der Waals surface area contributed by atoms with Crippen LogP contribution in [0.3, 0.4) is 0 Å². The van der Waals surface area contributed by atoms with E-state index in [1.165, 1.54) is 38.8 Å². The Kier molecular flexibility index (Phi) is 6.57. The first-order chi connectivity index (χ1) is 7.72. The van der Waals surface area contributed by atoms with Crippen LogP contribution >= 0.6 is 0 Å². The second-order valence-electron chi connectivity index (χ2n) is 5.36. The first kappa shape index (κ1) is 13.6. The number of nitrogens with zero attached hydrogens (tertiary/aromatic N) is 1. The van der Waals surface area contributed by atoms with Crippen LogP contribution < -0.4 is 0 Å². The van der Waals surface area contributed by atoms with Crippen LogP contribution in [-0.2, 0) is 0 Å². The minimum absolute atomic E-state index is 0.838. The average Bonchev–Trinajstić information content (AvgIpc) is 2.31. The quantitative estimate of drug-likeness (QED) is 0.656. The van der Waals surface area contributed by atoms with Gasteiger partial charge >= 0.3 is 0 Å². The summed E-state index contributed by atoms with van der Waals surface area (Å²) in [5.41, 5.74) is 0. The summed E-state index contributed by atoms with van der Waals surface area (Å²) in [6.07, 6.45) is 6.34. The van der Waals surface area contributed by atoms with Gasteiger partial charge in [-0.3, -0.25) is 4.90 Å². The topological polar surface area (TPSA) is 3.24 Å². The van der Waals surface area contributed by atoms with E-state index in [-0.39, 0.29) is 0 Å². The third-order valence-electron chi connectivity index (χ3n) is 3.76. The fraction of sp³-hybridized carbons (Fsp3) is 0.867. The number of rotatable bonds is 4. The molecule has 1 aliphatic heterocycles. The molecule has 16 heavy (non-hydrogen) atoms. The van der Waals surface area contributed by atoms with Gasteiger partial charge in [0.05, 0.1) is 6.54 Å². The van der Waals surface area contributed by atoms with E-state index >= 15 is 0 Å². The summed E-state index contributed by atoms with van der Waals surface area (Å²) in [6, 6.07) is 0. The van der Waals surface area contributed by atoms with Crippen molar-refractivity contribution in [3.63, 3.8) is 0 Å². The zero-order chi connectivity index (χ0) is 11.8. The summed E-state index contributed by atoms with van der Waals surface area (Å²) in [5.74, 6) is 8.41. The van der Waals surface area contributed by atoms with Crippen LogP contribution in [0, 0.1) is 23.7 Å². The molecule has 1 unspecified atom stereocenters. The van der Waals surface area contributed by atoms with E-state index in [1.807, 2.05) is 0 Å². The molecular weight excluding hydrogens is 194 g/mol. The monoisotopic (exact) mass is 221 g/mol. The Morgan fingerprint density at radius 2 is 1.94 bits per heavy atom. The first-order valence-corrected chi connectivity index (χ1v) is 6.90. The summed E-state index contributed by atoms with van der Waals surface area (Å²) in [7, 11) is 0. The molecule has 0 aromatic rings. The van der Waals surface area contributed by atoms with Gasteiger partial charge in [0.2, 0.25) is 0 Å². The molecule has 1 atom stereocenters. The summed E-state index contributed by atoms with van der Waals surface area (Å²) < 4.78 is 0. The van der Waals surface area contributed by atoms with Crippen LogP contribution in [0.25, 0.3) is 0 Å². The maximum atomic E-state index is 3.33. The van der Waals surface area contributed by atoms with Crippen molar-refractivity contribution in [2.24, 2.45) is 11.8 Å². The van der Waals surface area contributed by atoms with Gasteiger partial charge in [-0.05, 0) is 44.2 Å². The molecule has 0 bridgehead atoms. The molecule has 1 aliphatic rings. The molecule has 0 amide bonds. The second-order valence-corrected chi connectivity index (χ2v) is 5.36. The SMILES string of the molecule is CCC(C)CCC#CCN1CCC(C)CC1. The van der Waals surface area contributed by atoms with Crippen LogP contribution in [0.5, 0.6) is 0 Å². The van der Waals surface area contributed by atoms with Gasteiger partial charge in [0.25, 0.3) is 0 Å². The van der Waals surface area contributed by atoms with Gasteiger partial charge in [0.15, 0.2) is 0 Å². The van der Waals surface area contributed by atoms with Crippen LogP contribution in [0.2, 0.25) is 0 Å². The van der Waals surface area contributed by atoms with E-state index in [4.69, 9.17) is 0 Å². The zero-order valence-corrected chi connectivity index (χ0v) is 11.3. The van der Waals surface area contributed by atoms with Gasteiger partial charge in [-0.25, -0.2) is 0 Å². The molecule has 1 fully saturated rings. The minimum Gasteiger partial charge on any atom is -0.292 e. The zero-order valence-electron chi connectivity index (χ0n) is 11.3. The maximum absolute atomic E-state index is 3.33. The van der Waals surface area contributed by atoms with Crippen molar-refractivity contribution in [2.45, 2.75) is 52.9 Å². The standard InChI is InChI=1S/C15H27N/c1-4-14(2)8-6-5-7-11-16-12-9-15(3)10-13-16/h14-15H,4,6,8-13H2,1-3H3. The first-order valence-electron chi connectivity index (χ1n) is 6.90. The fourth-order valence-corrected chi connectivity index (χ4v) is 2.00. The van der Waals surface area contributed by atoms with Crippen molar-refractivity contribution in [1.29, 1.82) is 0 Å². The Balaban J connectivity index is 2.08. The van der Waals surface area contributed by atoms with Crippen LogP contribution in [0.15, 0.2) is 0 Å². The molecule has 92 valence electrons. The van der Waals surface area contributed by atoms with Gasteiger partial charge in [-0.1, -0.05) is 33.1 Å². The third-order valence-corrected chi connectivity index (χ3v) is 3.76.